The van der Waals surface area contributed by atoms with Gasteiger partial charge in [0.1, 0.15) is 22.9 Å². The lowest BCUT2D eigenvalue weighted by Crippen LogP contribution is -2.50. The third kappa shape index (κ3) is 4.85. The molecule has 0 unspecified atom stereocenters. The normalized spacial score (nSPS) is 14.6. The number of nitriles is 1. The van der Waals surface area contributed by atoms with Crippen LogP contribution in [0.3, 0.4) is 0 Å². The van der Waals surface area contributed by atoms with Gasteiger partial charge in [-0.2, -0.15) is 5.26 Å². The van der Waals surface area contributed by atoms with Crippen LogP contribution in [0.4, 0.5) is 10.5 Å². The number of aromatic nitrogens is 1. The van der Waals surface area contributed by atoms with E-state index in [2.05, 4.69) is 4.98 Å². The Kier molecular flexibility index (Phi) is 6.03. The molecule has 0 aliphatic carbocycles. The number of carbonyl (C=O) groups is 2. The van der Waals surface area contributed by atoms with Crippen LogP contribution in [0.5, 0.6) is 0 Å². The Labute approximate surface area is 153 Å². The first kappa shape index (κ1) is 19.5. The third-order valence-corrected chi connectivity index (χ3v) is 3.76. The van der Waals surface area contributed by atoms with Crippen LogP contribution in [0.2, 0.25) is 0 Å². The second-order valence-corrected chi connectivity index (χ2v) is 6.87. The fourth-order valence-electron chi connectivity index (χ4n) is 2.59. The Hall–Kier alpha value is -2.82. The highest BCUT2D eigenvalue weighted by Crippen LogP contribution is 2.24. The molecular formula is C18H24N4O4. The summed E-state index contributed by atoms with van der Waals surface area (Å²) < 4.78 is 10.5. The van der Waals surface area contributed by atoms with Gasteiger partial charge in [0.15, 0.2) is 0 Å². The van der Waals surface area contributed by atoms with Gasteiger partial charge >= 0.3 is 12.1 Å². The minimum absolute atomic E-state index is 0.225. The zero-order valence-electron chi connectivity index (χ0n) is 15.6. The van der Waals surface area contributed by atoms with Crippen LogP contribution in [-0.2, 0) is 9.47 Å². The summed E-state index contributed by atoms with van der Waals surface area (Å²) in [5, 5.41) is 9.10. The molecule has 8 nitrogen and oxygen atoms in total. The Bertz CT molecular complexity index is 713. The molecule has 1 saturated heterocycles. The van der Waals surface area contributed by atoms with Crippen molar-refractivity contribution in [1.29, 1.82) is 5.26 Å². The number of rotatable bonds is 3. The first-order valence-corrected chi connectivity index (χ1v) is 8.55. The number of anilines is 1. The smallest absolute Gasteiger partial charge is 0.410 e. The average Bonchev–Trinajstić information content (AvgIpc) is 2.60. The lowest BCUT2D eigenvalue weighted by molar-refractivity contribution is 0.0239. The SMILES string of the molecule is CCOC(=O)c1cnc(C#N)cc1N1CCN(C(=O)OC(C)(C)C)CC1. The number of hydrogen-bond donors (Lipinski definition) is 0. The number of pyridine rings is 1. The second-order valence-electron chi connectivity index (χ2n) is 6.87. The molecule has 0 atom stereocenters. The Morgan fingerprint density at radius 1 is 1.27 bits per heavy atom. The molecule has 0 aromatic carbocycles. The Balaban J connectivity index is 2.14. The van der Waals surface area contributed by atoms with Gasteiger partial charge in [-0.1, -0.05) is 0 Å². The molecule has 1 aliphatic rings. The van der Waals surface area contributed by atoms with Crippen molar-refractivity contribution in [1.82, 2.24) is 9.88 Å². The van der Waals surface area contributed by atoms with E-state index in [0.29, 0.717) is 37.4 Å². The predicted octanol–water partition coefficient (Wildman–Crippen LogP) is 2.19. The molecule has 1 aromatic rings. The van der Waals surface area contributed by atoms with E-state index in [0.717, 1.165) is 0 Å². The summed E-state index contributed by atoms with van der Waals surface area (Å²) >= 11 is 0. The molecule has 0 spiro atoms. The van der Waals surface area contributed by atoms with Crippen LogP contribution in [0, 0.1) is 11.3 Å². The topological polar surface area (TPSA) is 95.8 Å². The lowest BCUT2D eigenvalue weighted by Gasteiger charge is -2.37. The molecule has 1 aromatic heterocycles. The number of carbonyl (C=O) groups excluding carboxylic acids is 2. The number of piperazine rings is 1. The van der Waals surface area contributed by atoms with Crippen molar-refractivity contribution in [2.75, 3.05) is 37.7 Å². The monoisotopic (exact) mass is 360 g/mol. The van der Waals surface area contributed by atoms with Gasteiger partial charge in [-0.25, -0.2) is 14.6 Å². The number of esters is 1. The number of nitrogens with zero attached hydrogens (tertiary/aromatic N) is 4. The molecular weight excluding hydrogens is 336 g/mol. The zero-order valence-corrected chi connectivity index (χ0v) is 15.6. The van der Waals surface area contributed by atoms with Crippen molar-refractivity contribution in [2.45, 2.75) is 33.3 Å². The van der Waals surface area contributed by atoms with E-state index in [1.165, 1.54) is 6.20 Å². The van der Waals surface area contributed by atoms with E-state index < -0.39 is 11.6 Å². The highest BCUT2D eigenvalue weighted by atomic mass is 16.6. The first-order chi connectivity index (χ1) is 12.2. The van der Waals surface area contributed by atoms with E-state index in [-0.39, 0.29) is 18.4 Å². The molecule has 0 bridgehead atoms. The van der Waals surface area contributed by atoms with E-state index in [1.54, 1.807) is 17.9 Å². The Morgan fingerprint density at radius 2 is 1.92 bits per heavy atom. The molecule has 0 saturated carbocycles. The van der Waals surface area contributed by atoms with Gasteiger partial charge < -0.3 is 19.3 Å². The maximum Gasteiger partial charge on any atom is 0.410 e. The molecule has 140 valence electrons. The molecule has 0 radical (unpaired) electrons. The number of amides is 1. The van der Waals surface area contributed by atoms with Gasteiger partial charge in [0.05, 0.1) is 12.3 Å². The molecule has 1 fully saturated rings. The summed E-state index contributed by atoms with van der Waals surface area (Å²) in [5.41, 5.74) is 0.594. The van der Waals surface area contributed by atoms with E-state index in [4.69, 9.17) is 14.7 Å². The largest absolute Gasteiger partial charge is 0.462 e. The van der Waals surface area contributed by atoms with Crippen molar-refractivity contribution in [3.63, 3.8) is 0 Å². The Morgan fingerprint density at radius 3 is 2.46 bits per heavy atom. The van der Waals surface area contributed by atoms with Crippen molar-refractivity contribution in [3.8, 4) is 6.07 Å². The first-order valence-electron chi connectivity index (χ1n) is 8.55. The van der Waals surface area contributed by atoms with Crippen LogP contribution < -0.4 is 4.90 Å². The summed E-state index contributed by atoms with van der Waals surface area (Å²) in [6, 6.07) is 3.56. The summed E-state index contributed by atoms with van der Waals surface area (Å²) in [7, 11) is 0. The van der Waals surface area contributed by atoms with Gasteiger partial charge in [-0.05, 0) is 33.8 Å². The summed E-state index contributed by atoms with van der Waals surface area (Å²) in [4.78, 5) is 31.9. The van der Waals surface area contributed by atoms with Crippen LogP contribution in [0.15, 0.2) is 12.3 Å². The molecule has 26 heavy (non-hydrogen) atoms. The number of hydrogen-bond acceptors (Lipinski definition) is 7. The summed E-state index contributed by atoms with van der Waals surface area (Å²) in [6.45, 7) is 9.41. The van der Waals surface area contributed by atoms with Crippen molar-refractivity contribution in [2.24, 2.45) is 0 Å². The molecule has 0 N–H and O–H groups in total. The van der Waals surface area contributed by atoms with Crippen LogP contribution in [0.1, 0.15) is 43.7 Å². The fraction of sp³-hybridized carbons (Fsp3) is 0.556. The molecule has 2 rings (SSSR count). The maximum atomic E-state index is 12.2. The summed E-state index contributed by atoms with van der Waals surface area (Å²) in [6.07, 6.45) is 1.02. The van der Waals surface area contributed by atoms with Crippen molar-refractivity contribution in [3.05, 3.63) is 23.5 Å². The predicted molar refractivity (Wildman–Crippen MR) is 94.9 cm³/mol. The zero-order chi connectivity index (χ0) is 19.3. The molecule has 1 amide bonds. The average molecular weight is 360 g/mol. The molecule has 2 heterocycles. The van der Waals surface area contributed by atoms with Crippen LogP contribution >= 0.6 is 0 Å². The number of ether oxygens (including phenoxy) is 2. The molecule has 1 aliphatic heterocycles. The maximum absolute atomic E-state index is 12.2. The highest BCUT2D eigenvalue weighted by molar-refractivity contribution is 5.95. The van der Waals surface area contributed by atoms with Gasteiger partial charge in [0.2, 0.25) is 0 Å². The van der Waals surface area contributed by atoms with Gasteiger partial charge in [-0.3, -0.25) is 0 Å². The minimum Gasteiger partial charge on any atom is -0.462 e. The van der Waals surface area contributed by atoms with E-state index >= 15 is 0 Å². The van der Waals surface area contributed by atoms with Gasteiger partial charge in [0, 0.05) is 32.4 Å². The fourth-order valence-corrected chi connectivity index (χ4v) is 2.59. The molecule has 8 heteroatoms. The lowest BCUT2D eigenvalue weighted by atomic mass is 10.1. The van der Waals surface area contributed by atoms with E-state index in [9.17, 15) is 9.59 Å². The quantitative estimate of drug-likeness (QED) is 0.762. The highest BCUT2D eigenvalue weighted by Gasteiger charge is 2.28. The van der Waals surface area contributed by atoms with Crippen molar-refractivity contribution < 1.29 is 19.1 Å². The van der Waals surface area contributed by atoms with Gasteiger partial charge in [0.25, 0.3) is 0 Å². The van der Waals surface area contributed by atoms with Crippen LogP contribution in [0.25, 0.3) is 0 Å². The summed E-state index contributed by atoms with van der Waals surface area (Å²) in [5.74, 6) is -0.478. The minimum atomic E-state index is -0.544. The van der Waals surface area contributed by atoms with E-state index in [1.807, 2.05) is 31.7 Å². The van der Waals surface area contributed by atoms with Gasteiger partial charge in [-0.15, -0.1) is 0 Å². The van der Waals surface area contributed by atoms with Crippen molar-refractivity contribution >= 4 is 17.7 Å². The van der Waals surface area contributed by atoms with Crippen LogP contribution in [-0.4, -0.2) is 60.3 Å². The second kappa shape index (κ2) is 8.04. The third-order valence-electron chi connectivity index (χ3n) is 3.76. The standard InChI is InChI=1S/C18H24N4O4/c1-5-25-16(23)14-12-20-13(11-19)10-15(14)21-6-8-22(9-7-21)17(24)26-18(2,3)4/h10,12H,5-9H2,1-4H3.